The molecule has 1 aliphatic rings. The zero-order valence-electron chi connectivity index (χ0n) is 13.9. The van der Waals surface area contributed by atoms with Crippen LogP contribution in [0, 0.1) is 0 Å². The van der Waals surface area contributed by atoms with Crippen molar-refractivity contribution in [2.24, 2.45) is 0 Å². The first-order chi connectivity index (χ1) is 10.8. The molecule has 0 unspecified atom stereocenters. The molecule has 0 radical (unpaired) electrons. The van der Waals surface area contributed by atoms with Crippen LogP contribution in [-0.2, 0) is 27.8 Å². The number of piperazine rings is 1. The summed E-state index contributed by atoms with van der Waals surface area (Å²) in [5.41, 5.74) is 0.990. The highest BCUT2D eigenvalue weighted by atomic mass is 32.2. The Hall–Kier alpha value is -1.03. The molecule has 0 saturated carbocycles. The molecular formula is C14H24N4O3S2. The number of carbonyl (C=O) groups excluding carboxylic acids is 1. The number of likely N-dealkylation sites (N-methyl/N-ethyl adjacent to an activating group) is 1. The predicted octanol–water partition coefficient (Wildman–Crippen LogP) is 0.241. The number of hydrogen-bond donors (Lipinski definition) is 0. The Bertz CT molecular complexity index is 636. The number of aromatic nitrogens is 1. The van der Waals surface area contributed by atoms with Crippen LogP contribution in [0.5, 0.6) is 0 Å². The number of amides is 1. The van der Waals surface area contributed by atoms with E-state index in [4.69, 9.17) is 0 Å². The second-order valence-electron chi connectivity index (χ2n) is 5.80. The zero-order valence-corrected chi connectivity index (χ0v) is 15.5. The Balaban J connectivity index is 1.80. The minimum absolute atomic E-state index is 0.0339. The van der Waals surface area contributed by atoms with Gasteiger partial charge < -0.3 is 4.90 Å². The second kappa shape index (κ2) is 7.69. The average molecular weight is 361 g/mol. The molecular weight excluding hydrogens is 336 g/mol. The number of carbonyl (C=O) groups is 1. The Morgan fingerprint density at radius 2 is 2.00 bits per heavy atom. The Kier molecular flexibility index (Phi) is 6.12. The summed E-state index contributed by atoms with van der Waals surface area (Å²) in [6, 6.07) is 0. The maximum absolute atomic E-state index is 12.3. The molecule has 1 amide bonds. The smallest absolute Gasteiger partial charge is 0.236 e. The zero-order chi connectivity index (χ0) is 17.0. The van der Waals surface area contributed by atoms with Gasteiger partial charge in [-0.2, -0.15) is 4.31 Å². The predicted molar refractivity (Wildman–Crippen MR) is 90.8 cm³/mol. The third-order valence-electron chi connectivity index (χ3n) is 3.80. The van der Waals surface area contributed by atoms with Crippen molar-refractivity contribution < 1.29 is 13.2 Å². The topological polar surface area (TPSA) is 73.8 Å². The molecule has 1 saturated heterocycles. The van der Waals surface area contributed by atoms with Gasteiger partial charge in [0.25, 0.3) is 0 Å². The molecule has 1 aromatic rings. The van der Waals surface area contributed by atoms with Crippen LogP contribution in [-0.4, -0.2) is 79.4 Å². The molecule has 0 atom stereocenters. The lowest BCUT2D eigenvalue weighted by Gasteiger charge is -2.34. The van der Waals surface area contributed by atoms with Gasteiger partial charge in [0.05, 0.1) is 23.5 Å². The van der Waals surface area contributed by atoms with Crippen molar-refractivity contribution in [1.29, 1.82) is 0 Å². The van der Waals surface area contributed by atoms with E-state index in [9.17, 15) is 13.2 Å². The summed E-state index contributed by atoms with van der Waals surface area (Å²) < 4.78 is 24.4. The van der Waals surface area contributed by atoms with E-state index >= 15 is 0 Å². The highest BCUT2D eigenvalue weighted by Gasteiger charge is 2.26. The fourth-order valence-corrected chi connectivity index (χ4v) is 4.08. The van der Waals surface area contributed by atoms with Crippen LogP contribution < -0.4 is 0 Å². The van der Waals surface area contributed by atoms with E-state index in [0.29, 0.717) is 39.3 Å². The molecule has 1 aliphatic heterocycles. The summed E-state index contributed by atoms with van der Waals surface area (Å²) in [4.78, 5) is 20.5. The van der Waals surface area contributed by atoms with Gasteiger partial charge in [0.2, 0.25) is 15.9 Å². The van der Waals surface area contributed by atoms with Crippen molar-refractivity contribution in [3.8, 4) is 0 Å². The summed E-state index contributed by atoms with van der Waals surface area (Å²) in [5.74, 6) is 0.0339. The van der Waals surface area contributed by atoms with Gasteiger partial charge in [0.1, 0.15) is 0 Å². The van der Waals surface area contributed by atoms with Crippen LogP contribution in [0.4, 0.5) is 0 Å². The molecule has 1 aromatic heterocycles. The quantitative estimate of drug-likeness (QED) is 0.727. The fourth-order valence-electron chi connectivity index (χ4n) is 2.52. The van der Waals surface area contributed by atoms with Gasteiger partial charge in [0.15, 0.2) is 0 Å². The van der Waals surface area contributed by atoms with Crippen LogP contribution in [0.25, 0.3) is 0 Å². The van der Waals surface area contributed by atoms with Gasteiger partial charge in [-0.15, -0.1) is 11.3 Å². The van der Waals surface area contributed by atoms with Crippen molar-refractivity contribution in [1.82, 2.24) is 19.1 Å². The van der Waals surface area contributed by atoms with E-state index in [1.54, 1.807) is 16.2 Å². The molecule has 1 fully saturated rings. The lowest BCUT2D eigenvalue weighted by molar-refractivity contribution is -0.133. The van der Waals surface area contributed by atoms with Crippen molar-refractivity contribution in [2.75, 3.05) is 46.0 Å². The average Bonchev–Trinajstić information content (AvgIpc) is 2.94. The van der Waals surface area contributed by atoms with Gasteiger partial charge in [-0.1, -0.05) is 6.92 Å². The minimum atomic E-state index is -3.16. The van der Waals surface area contributed by atoms with Crippen molar-refractivity contribution >= 4 is 27.3 Å². The molecule has 2 heterocycles. The highest BCUT2D eigenvalue weighted by molar-refractivity contribution is 7.88. The summed E-state index contributed by atoms with van der Waals surface area (Å²) in [6.45, 7) is 4.70. The Morgan fingerprint density at radius 1 is 1.35 bits per heavy atom. The molecule has 23 heavy (non-hydrogen) atoms. The summed E-state index contributed by atoms with van der Waals surface area (Å²) in [7, 11) is -1.26. The number of aryl methyl sites for hydroxylation is 1. The molecule has 9 heteroatoms. The van der Waals surface area contributed by atoms with E-state index in [1.807, 2.05) is 17.3 Å². The van der Waals surface area contributed by atoms with Crippen LogP contribution >= 0.6 is 11.3 Å². The monoisotopic (exact) mass is 360 g/mol. The van der Waals surface area contributed by atoms with E-state index in [-0.39, 0.29) is 5.91 Å². The molecule has 0 aromatic carbocycles. The SMILES string of the molecule is CCc1nc(CN(C)CC(=O)N2CCN(S(C)(=O)=O)CC2)cs1. The summed E-state index contributed by atoms with van der Waals surface area (Å²) in [6.07, 6.45) is 2.13. The molecule has 7 nitrogen and oxygen atoms in total. The first-order valence-corrected chi connectivity index (χ1v) is 10.4. The Labute approximate surface area is 142 Å². The maximum atomic E-state index is 12.3. The van der Waals surface area contributed by atoms with Gasteiger partial charge >= 0.3 is 0 Å². The number of sulfonamides is 1. The standard InChI is InChI=1S/C14H24N4O3S2/c1-4-13-15-12(11-22-13)9-16(2)10-14(19)17-5-7-18(8-6-17)23(3,20)21/h11H,4-10H2,1-3H3. The van der Waals surface area contributed by atoms with E-state index < -0.39 is 10.0 Å². The van der Waals surface area contributed by atoms with E-state index in [0.717, 1.165) is 17.1 Å². The van der Waals surface area contributed by atoms with Crippen LogP contribution in [0.1, 0.15) is 17.6 Å². The molecule has 0 aliphatic carbocycles. The normalized spacial score (nSPS) is 17.0. The Morgan fingerprint density at radius 3 is 2.52 bits per heavy atom. The van der Waals surface area contributed by atoms with Gasteiger partial charge in [-0.05, 0) is 13.5 Å². The van der Waals surface area contributed by atoms with Gasteiger partial charge in [-0.25, -0.2) is 13.4 Å². The molecule has 130 valence electrons. The van der Waals surface area contributed by atoms with Crippen molar-refractivity contribution in [3.63, 3.8) is 0 Å². The lowest BCUT2D eigenvalue weighted by atomic mass is 10.3. The maximum Gasteiger partial charge on any atom is 0.236 e. The van der Waals surface area contributed by atoms with Crippen molar-refractivity contribution in [2.45, 2.75) is 19.9 Å². The number of hydrogen-bond acceptors (Lipinski definition) is 6. The molecule has 2 rings (SSSR count). The highest BCUT2D eigenvalue weighted by Crippen LogP contribution is 2.12. The summed E-state index contributed by atoms with van der Waals surface area (Å²) in [5, 5.41) is 3.14. The van der Waals surface area contributed by atoms with Gasteiger partial charge in [0, 0.05) is 38.1 Å². The molecule has 0 N–H and O–H groups in total. The summed E-state index contributed by atoms with van der Waals surface area (Å²) >= 11 is 1.65. The van der Waals surface area contributed by atoms with Crippen LogP contribution in [0.2, 0.25) is 0 Å². The first kappa shape index (κ1) is 18.3. The molecule has 0 spiro atoms. The van der Waals surface area contributed by atoms with Gasteiger partial charge in [-0.3, -0.25) is 9.69 Å². The third-order valence-corrected chi connectivity index (χ3v) is 6.14. The van der Waals surface area contributed by atoms with E-state index in [1.165, 1.54) is 10.6 Å². The van der Waals surface area contributed by atoms with Crippen molar-refractivity contribution in [3.05, 3.63) is 16.1 Å². The largest absolute Gasteiger partial charge is 0.339 e. The van der Waals surface area contributed by atoms with E-state index in [2.05, 4.69) is 11.9 Å². The number of nitrogens with zero attached hydrogens (tertiary/aromatic N) is 4. The lowest BCUT2D eigenvalue weighted by Crippen LogP contribution is -2.52. The number of thiazole rings is 1. The third kappa shape index (κ3) is 5.23. The fraction of sp³-hybridized carbons (Fsp3) is 0.714. The van der Waals surface area contributed by atoms with Crippen LogP contribution in [0.3, 0.4) is 0 Å². The second-order valence-corrected chi connectivity index (χ2v) is 8.73. The first-order valence-electron chi connectivity index (χ1n) is 7.64. The molecule has 0 bridgehead atoms. The van der Waals surface area contributed by atoms with Crippen LogP contribution in [0.15, 0.2) is 5.38 Å². The number of rotatable bonds is 6. The minimum Gasteiger partial charge on any atom is -0.339 e.